The molecular weight excluding hydrogens is 280 g/mol. The van der Waals surface area contributed by atoms with Gasteiger partial charge < -0.3 is 24.7 Å². The Bertz CT molecular complexity index is 583. The first-order valence-corrected chi connectivity index (χ1v) is 7.38. The Balaban J connectivity index is 1.67. The standard InChI is InChI=1S/C16H24N4O2/c1-13-10-18-12-20(13)8-4-7-17-11-19-14-5-6-15(21-2)16(9-14)22-3/h5-6,9-10,12,17,19H,4,7-8,11H2,1-3H3. The largest absolute Gasteiger partial charge is 0.493 e. The summed E-state index contributed by atoms with van der Waals surface area (Å²) in [5.74, 6) is 1.46. The molecule has 0 aliphatic rings. The summed E-state index contributed by atoms with van der Waals surface area (Å²) in [6.45, 7) is 4.70. The van der Waals surface area contributed by atoms with Gasteiger partial charge in [-0.2, -0.15) is 0 Å². The quantitative estimate of drug-likeness (QED) is 0.550. The van der Waals surface area contributed by atoms with Crippen LogP contribution in [-0.2, 0) is 6.54 Å². The lowest BCUT2D eigenvalue weighted by Crippen LogP contribution is -2.23. The van der Waals surface area contributed by atoms with E-state index in [4.69, 9.17) is 9.47 Å². The van der Waals surface area contributed by atoms with Gasteiger partial charge in [-0.3, -0.25) is 0 Å². The molecule has 0 atom stereocenters. The highest BCUT2D eigenvalue weighted by Crippen LogP contribution is 2.29. The topological polar surface area (TPSA) is 60.3 Å². The fourth-order valence-corrected chi connectivity index (χ4v) is 2.19. The van der Waals surface area contributed by atoms with Crippen molar-refractivity contribution in [2.45, 2.75) is 19.9 Å². The van der Waals surface area contributed by atoms with Crippen molar-refractivity contribution in [2.75, 3.05) is 32.7 Å². The van der Waals surface area contributed by atoms with E-state index in [9.17, 15) is 0 Å². The number of hydrogen-bond acceptors (Lipinski definition) is 5. The molecule has 0 aliphatic heterocycles. The summed E-state index contributed by atoms with van der Waals surface area (Å²) in [5.41, 5.74) is 2.19. The van der Waals surface area contributed by atoms with Crippen LogP contribution < -0.4 is 20.1 Å². The van der Waals surface area contributed by atoms with Crippen LogP contribution in [0.1, 0.15) is 12.1 Å². The van der Waals surface area contributed by atoms with Crippen LogP contribution >= 0.6 is 0 Å². The van der Waals surface area contributed by atoms with E-state index in [1.54, 1.807) is 14.2 Å². The Labute approximate surface area is 131 Å². The maximum Gasteiger partial charge on any atom is 0.162 e. The Hall–Kier alpha value is -2.21. The molecule has 0 aliphatic carbocycles. The first kappa shape index (κ1) is 16.2. The lowest BCUT2D eigenvalue weighted by atomic mass is 10.3. The number of methoxy groups -OCH3 is 2. The molecule has 1 aromatic heterocycles. The fraction of sp³-hybridized carbons (Fsp3) is 0.438. The van der Waals surface area contributed by atoms with Crippen LogP contribution in [0, 0.1) is 6.92 Å². The van der Waals surface area contributed by atoms with Crippen molar-refractivity contribution in [1.82, 2.24) is 14.9 Å². The average Bonchev–Trinajstić information content (AvgIpc) is 2.95. The van der Waals surface area contributed by atoms with Gasteiger partial charge >= 0.3 is 0 Å². The Kier molecular flexibility index (Phi) is 6.09. The normalized spacial score (nSPS) is 10.5. The van der Waals surface area contributed by atoms with Crippen molar-refractivity contribution in [3.8, 4) is 11.5 Å². The highest BCUT2D eigenvalue weighted by Gasteiger charge is 2.03. The van der Waals surface area contributed by atoms with Crippen LogP contribution in [0.4, 0.5) is 5.69 Å². The van der Waals surface area contributed by atoms with E-state index in [1.165, 1.54) is 5.69 Å². The summed E-state index contributed by atoms with van der Waals surface area (Å²) in [4.78, 5) is 4.11. The van der Waals surface area contributed by atoms with E-state index >= 15 is 0 Å². The van der Waals surface area contributed by atoms with E-state index in [0.717, 1.165) is 36.7 Å². The molecule has 0 radical (unpaired) electrons. The first-order valence-electron chi connectivity index (χ1n) is 7.38. The fourth-order valence-electron chi connectivity index (χ4n) is 2.19. The molecule has 1 heterocycles. The predicted molar refractivity (Wildman–Crippen MR) is 87.6 cm³/mol. The molecular formula is C16H24N4O2. The molecule has 2 N–H and O–H groups in total. The lowest BCUT2D eigenvalue weighted by molar-refractivity contribution is 0.355. The molecule has 0 unspecified atom stereocenters. The Morgan fingerprint density at radius 2 is 2.00 bits per heavy atom. The summed E-state index contributed by atoms with van der Waals surface area (Å²) in [6.07, 6.45) is 4.81. The van der Waals surface area contributed by atoms with Crippen LogP contribution in [-0.4, -0.2) is 37.0 Å². The van der Waals surface area contributed by atoms with Crippen molar-refractivity contribution in [2.24, 2.45) is 0 Å². The van der Waals surface area contributed by atoms with E-state index in [0.29, 0.717) is 6.67 Å². The van der Waals surface area contributed by atoms with Gasteiger partial charge in [-0.15, -0.1) is 0 Å². The zero-order valence-electron chi connectivity index (χ0n) is 13.4. The van der Waals surface area contributed by atoms with Gasteiger partial charge in [0.15, 0.2) is 11.5 Å². The van der Waals surface area contributed by atoms with Gasteiger partial charge in [0.25, 0.3) is 0 Å². The van der Waals surface area contributed by atoms with Crippen molar-refractivity contribution in [3.05, 3.63) is 36.4 Å². The minimum atomic E-state index is 0.707. The van der Waals surface area contributed by atoms with E-state index in [1.807, 2.05) is 30.7 Å². The summed E-state index contributed by atoms with van der Waals surface area (Å²) < 4.78 is 12.7. The SMILES string of the molecule is COc1ccc(NCNCCCn2cncc2C)cc1OC. The number of aromatic nitrogens is 2. The van der Waals surface area contributed by atoms with Gasteiger partial charge in [0.05, 0.1) is 27.2 Å². The zero-order valence-corrected chi connectivity index (χ0v) is 13.4. The van der Waals surface area contributed by atoms with E-state index < -0.39 is 0 Å². The number of ether oxygens (including phenoxy) is 2. The number of benzene rings is 1. The van der Waals surface area contributed by atoms with Gasteiger partial charge in [-0.1, -0.05) is 0 Å². The maximum absolute atomic E-state index is 5.28. The molecule has 120 valence electrons. The number of rotatable bonds is 9. The van der Waals surface area contributed by atoms with Gasteiger partial charge in [0.1, 0.15) is 0 Å². The minimum Gasteiger partial charge on any atom is -0.493 e. The summed E-state index contributed by atoms with van der Waals surface area (Å²) in [6, 6.07) is 5.79. The molecule has 22 heavy (non-hydrogen) atoms. The average molecular weight is 304 g/mol. The second-order valence-electron chi connectivity index (χ2n) is 5.01. The Morgan fingerprint density at radius 1 is 1.18 bits per heavy atom. The highest BCUT2D eigenvalue weighted by atomic mass is 16.5. The molecule has 6 heteroatoms. The third kappa shape index (κ3) is 4.39. The number of anilines is 1. The van der Waals surface area contributed by atoms with Gasteiger partial charge in [0.2, 0.25) is 0 Å². The monoisotopic (exact) mass is 304 g/mol. The molecule has 6 nitrogen and oxygen atoms in total. The molecule has 0 spiro atoms. The van der Waals surface area contributed by atoms with Crippen LogP contribution in [0.5, 0.6) is 11.5 Å². The van der Waals surface area contributed by atoms with Crippen molar-refractivity contribution in [1.29, 1.82) is 0 Å². The van der Waals surface area contributed by atoms with Crippen LogP contribution in [0.3, 0.4) is 0 Å². The van der Waals surface area contributed by atoms with Crippen LogP contribution in [0.15, 0.2) is 30.7 Å². The Morgan fingerprint density at radius 3 is 2.68 bits per heavy atom. The van der Waals surface area contributed by atoms with Gasteiger partial charge in [0, 0.05) is 30.2 Å². The molecule has 0 amide bonds. The molecule has 1 aromatic carbocycles. The molecule has 0 saturated carbocycles. The minimum absolute atomic E-state index is 0.707. The predicted octanol–water partition coefficient (Wildman–Crippen LogP) is 2.26. The van der Waals surface area contributed by atoms with E-state index in [-0.39, 0.29) is 0 Å². The maximum atomic E-state index is 5.28. The lowest BCUT2D eigenvalue weighted by Gasteiger charge is -2.12. The molecule has 2 rings (SSSR count). The van der Waals surface area contributed by atoms with Crippen LogP contribution in [0.25, 0.3) is 0 Å². The second-order valence-corrected chi connectivity index (χ2v) is 5.01. The molecule has 0 bridgehead atoms. The van der Waals surface area contributed by atoms with Crippen LogP contribution in [0.2, 0.25) is 0 Å². The summed E-state index contributed by atoms with van der Waals surface area (Å²) >= 11 is 0. The summed E-state index contributed by atoms with van der Waals surface area (Å²) in [5, 5.41) is 6.67. The molecule has 0 saturated heterocycles. The number of imidazole rings is 1. The molecule has 2 aromatic rings. The second kappa shape index (κ2) is 8.29. The van der Waals surface area contributed by atoms with Gasteiger partial charge in [-0.25, -0.2) is 4.98 Å². The third-order valence-corrected chi connectivity index (χ3v) is 3.47. The first-order chi connectivity index (χ1) is 10.7. The van der Waals surface area contributed by atoms with Crippen molar-refractivity contribution >= 4 is 5.69 Å². The third-order valence-electron chi connectivity index (χ3n) is 3.47. The number of hydrogen-bond donors (Lipinski definition) is 2. The number of nitrogens with one attached hydrogen (secondary N) is 2. The highest BCUT2D eigenvalue weighted by molar-refractivity contribution is 5.54. The number of aryl methyl sites for hydroxylation is 2. The van der Waals surface area contributed by atoms with Crippen molar-refractivity contribution < 1.29 is 9.47 Å². The smallest absolute Gasteiger partial charge is 0.162 e. The van der Waals surface area contributed by atoms with Crippen molar-refractivity contribution in [3.63, 3.8) is 0 Å². The molecule has 0 fully saturated rings. The summed E-state index contributed by atoms with van der Waals surface area (Å²) in [7, 11) is 3.27. The zero-order chi connectivity index (χ0) is 15.8. The van der Waals surface area contributed by atoms with Gasteiger partial charge in [-0.05, 0) is 32.0 Å². The number of nitrogens with zero attached hydrogens (tertiary/aromatic N) is 2. The van der Waals surface area contributed by atoms with E-state index in [2.05, 4.69) is 27.1 Å².